The Morgan fingerprint density at radius 2 is 2.00 bits per heavy atom. The predicted molar refractivity (Wildman–Crippen MR) is 114 cm³/mol. The molecule has 0 unspecified atom stereocenters. The second kappa shape index (κ2) is 7.96. The second-order valence-electron chi connectivity index (χ2n) is 10.4. The summed E-state index contributed by atoms with van der Waals surface area (Å²) in [7, 11) is 0. The molecular weight excluding hydrogens is 364 g/mol. The van der Waals surface area contributed by atoms with E-state index in [1.165, 1.54) is 0 Å². The number of aldehydes is 1. The smallest absolute Gasteiger partial charge is 0.163 e. The Labute approximate surface area is 174 Å². The first-order valence-corrected chi connectivity index (χ1v) is 10.9. The lowest BCUT2D eigenvalue weighted by Gasteiger charge is -2.40. The molecule has 2 N–H and O–H groups in total. The molecule has 0 heterocycles. The van der Waals surface area contributed by atoms with Gasteiger partial charge in [-0.3, -0.25) is 9.59 Å². The Morgan fingerprint density at radius 1 is 1.31 bits per heavy atom. The van der Waals surface area contributed by atoms with Gasteiger partial charge in [0.25, 0.3) is 0 Å². The Bertz CT molecular complexity index is 753. The summed E-state index contributed by atoms with van der Waals surface area (Å²) < 4.78 is 0. The van der Waals surface area contributed by atoms with E-state index in [1.54, 1.807) is 26.0 Å². The Balaban J connectivity index is 1.86. The van der Waals surface area contributed by atoms with Gasteiger partial charge in [0.1, 0.15) is 12.4 Å². The Hall–Kier alpha value is -1.52. The van der Waals surface area contributed by atoms with Gasteiger partial charge in [-0.2, -0.15) is 0 Å². The van der Waals surface area contributed by atoms with Crippen LogP contribution in [0.1, 0.15) is 60.3 Å². The van der Waals surface area contributed by atoms with E-state index < -0.39 is 11.7 Å². The van der Waals surface area contributed by atoms with E-state index in [9.17, 15) is 19.8 Å². The van der Waals surface area contributed by atoms with Gasteiger partial charge in [0.05, 0.1) is 11.5 Å². The standard InChI is InChI=1S/C25H36O4/c1-15(6-9-22(28)24(3,4)29)18-10-11-25(5)13-19-16(2)12-21(27)23(19)17(14-26)7-8-20(18)25/h6-7,9,12,14-15,18-20,22-23,28-29H,8,10-11,13H2,1-5H3/b9-6-,17-7?/t15-,18+,19+,20-,22-,23-,25+/m0/s1. The largest absolute Gasteiger partial charge is 0.387 e. The van der Waals surface area contributed by atoms with E-state index in [4.69, 9.17) is 0 Å². The minimum Gasteiger partial charge on any atom is -0.387 e. The molecule has 4 heteroatoms. The third kappa shape index (κ3) is 4.20. The number of aliphatic hydroxyl groups is 2. The zero-order valence-electron chi connectivity index (χ0n) is 18.4. The van der Waals surface area contributed by atoms with E-state index >= 15 is 0 Å². The number of rotatable bonds is 5. The highest BCUT2D eigenvalue weighted by Crippen LogP contribution is 2.58. The van der Waals surface area contributed by atoms with Crippen molar-refractivity contribution in [3.63, 3.8) is 0 Å². The molecule has 29 heavy (non-hydrogen) atoms. The van der Waals surface area contributed by atoms with Crippen LogP contribution in [-0.2, 0) is 9.59 Å². The molecule has 4 nitrogen and oxygen atoms in total. The molecule has 3 aliphatic rings. The maximum atomic E-state index is 12.5. The van der Waals surface area contributed by atoms with Crippen molar-refractivity contribution >= 4 is 12.1 Å². The highest BCUT2D eigenvalue weighted by atomic mass is 16.3. The molecule has 7 atom stereocenters. The van der Waals surface area contributed by atoms with Gasteiger partial charge in [-0.1, -0.05) is 37.6 Å². The lowest BCUT2D eigenvalue weighted by atomic mass is 9.63. The molecule has 1 fully saturated rings. The normalized spacial score (nSPS) is 37.3. The fourth-order valence-corrected chi connectivity index (χ4v) is 5.97. The van der Waals surface area contributed by atoms with Crippen LogP contribution in [0, 0.1) is 35.0 Å². The van der Waals surface area contributed by atoms with Gasteiger partial charge in [-0.15, -0.1) is 0 Å². The number of hydrogen-bond acceptors (Lipinski definition) is 4. The van der Waals surface area contributed by atoms with Crippen molar-refractivity contribution in [1.29, 1.82) is 0 Å². The lowest BCUT2D eigenvalue weighted by molar-refractivity contribution is -0.119. The van der Waals surface area contributed by atoms with Crippen LogP contribution in [-0.4, -0.2) is 34.0 Å². The highest BCUT2D eigenvalue weighted by molar-refractivity contribution is 6.01. The van der Waals surface area contributed by atoms with Crippen LogP contribution < -0.4 is 0 Å². The first-order chi connectivity index (χ1) is 13.5. The highest BCUT2D eigenvalue weighted by Gasteiger charge is 2.50. The fraction of sp³-hybridized carbons (Fsp3) is 0.680. The van der Waals surface area contributed by atoms with Crippen LogP contribution >= 0.6 is 0 Å². The van der Waals surface area contributed by atoms with Crippen LogP contribution in [0.15, 0.2) is 35.5 Å². The number of allylic oxidation sites excluding steroid dienone is 5. The molecule has 0 amide bonds. The van der Waals surface area contributed by atoms with Gasteiger partial charge in [0.2, 0.25) is 0 Å². The van der Waals surface area contributed by atoms with E-state index in [0.29, 0.717) is 17.4 Å². The Morgan fingerprint density at radius 3 is 2.62 bits per heavy atom. The topological polar surface area (TPSA) is 74.6 Å². The summed E-state index contributed by atoms with van der Waals surface area (Å²) in [5.74, 6) is 1.08. The minimum atomic E-state index is -1.16. The van der Waals surface area contributed by atoms with Crippen LogP contribution in [0.3, 0.4) is 0 Å². The lowest BCUT2D eigenvalue weighted by Crippen LogP contribution is -2.35. The third-order valence-corrected chi connectivity index (χ3v) is 7.91. The number of carbonyl (C=O) groups is 2. The van der Waals surface area contributed by atoms with Gasteiger partial charge in [-0.25, -0.2) is 0 Å². The SMILES string of the molecule is CC1=CC(=O)[C@H]2C(C=O)=CC[C@H]3[C@@H]([C@@H](C)/C=C\[C@H](O)C(C)(C)O)CC[C@]3(C)C[C@H]12. The molecule has 0 saturated heterocycles. The van der Waals surface area contributed by atoms with Gasteiger partial charge in [0.15, 0.2) is 5.78 Å². The summed E-state index contributed by atoms with van der Waals surface area (Å²) in [6.45, 7) is 9.78. The number of fused-ring (bicyclic) bond motifs is 2. The molecule has 0 aromatic carbocycles. The first kappa shape index (κ1) is 22.2. The number of ketones is 1. The molecule has 3 rings (SSSR count). The molecule has 0 bridgehead atoms. The molecule has 0 aromatic rings. The van der Waals surface area contributed by atoms with Crippen LogP contribution in [0.4, 0.5) is 0 Å². The number of hydrogen-bond donors (Lipinski definition) is 2. The summed E-state index contributed by atoms with van der Waals surface area (Å²) in [6, 6.07) is 0. The molecule has 3 aliphatic carbocycles. The minimum absolute atomic E-state index is 0.0827. The maximum absolute atomic E-state index is 12.5. The average molecular weight is 401 g/mol. The molecule has 1 saturated carbocycles. The van der Waals surface area contributed by atoms with E-state index in [2.05, 4.69) is 13.8 Å². The van der Waals surface area contributed by atoms with Gasteiger partial charge in [0, 0.05) is 0 Å². The molecule has 0 radical (unpaired) electrons. The van der Waals surface area contributed by atoms with Gasteiger partial charge in [-0.05, 0) is 87.2 Å². The summed E-state index contributed by atoms with van der Waals surface area (Å²) in [4.78, 5) is 24.3. The molecule has 0 aromatic heterocycles. The monoisotopic (exact) mass is 400 g/mol. The number of aliphatic hydroxyl groups excluding tert-OH is 1. The van der Waals surface area contributed by atoms with E-state index in [0.717, 1.165) is 37.5 Å². The van der Waals surface area contributed by atoms with Gasteiger partial charge >= 0.3 is 0 Å². The average Bonchev–Trinajstić information content (AvgIpc) is 3.08. The zero-order chi connectivity index (χ0) is 21.6. The summed E-state index contributed by atoms with van der Waals surface area (Å²) in [6.07, 6.45) is 11.5. The van der Waals surface area contributed by atoms with Crippen molar-refractivity contribution in [3.8, 4) is 0 Å². The van der Waals surface area contributed by atoms with Crippen LogP contribution in [0.25, 0.3) is 0 Å². The second-order valence-corrected chi connectivity index (χ2v) is 10.4. The van der Waals surface area contributed by atoms with E-state index in [-0.39, 0.29) is 29.0 Å². The Kier molecular flexibility index (Phi) is 6.08. The number of carbonyl (C=O) groups excluding carboxylic acids is 2. The molecular formula is C25H36O4. The van der Waals surface area contributed by atoms with Crippen LogP contribution in [0.5, 0.6) is 0 Å². The maximum Gasteiger partial charge on any atom is 0.163 e. The van der Waals surface area contributed by atoms with Crippen molar-refractivity contribution in [2.45, 2.75) is 72.0 Å². The van der Waals surface area contributed by atoms with Crippen molar-refractivity contribution < 1.29 is 19.8 Å². The first-order valence-electron chi connectivity index (χ1n) is 10.9. The van der Waals surface area contributed by atoms with E-state index in [1.807, 2.05) is 19.1 Å². The summed E-state index contributed by atoms with van der Waals surface area (Å²) in [5.41, 5.74) is 0.742. The van der Waals surface area contributed by atoms with Crippen molar-refractivity contribution in [2.75, 3.05) is 0 Å². The van der Waals surface area contributed by atoms with Crippen molar-refractivity contribution in [2.24, 2.45) is 35.0 Å². The van der Waals surface area contributed by atoms with Crippen LogP contribution in [0.2, 0.25) is 0 Å². The fourth-order valence-electron chi connectivity index (χ4n) is 5.97. The predicted octanol–water partition coefficient (Wildman–Crippen LogP) is 4.02. The van der Waals surface area contributed by atoms with Gasteiger partial charge < -0.3 is 10.2 Å². The summed E-state index contributed by atoms with van der Waals surface area (Å²) in [5, 5.41) is 20.1. The van der Waals surface area contributed by atoms with Crippen molar-refractivity contribution in [3.05, 3.63) is 35.5 Å². The third-order valence-electron chi connectivity index (χ3n) is 7.91. The molecule has 0 spiro atoms. The van der Waals surface area contributed by atoms with Crippen molar-refractivity contribution in [1.82, 2.24) is 0 Å². The molecule has 160 valence electrons. The quantitative estimate of drug-likeness (QED) is 0.540. The summed E-state index contributed by atoms with van der Waals surface area (Å²) >= 11 is 0. The zero-order valence-corrected chi connectivity index (χ0v) is 18.4. The molecule has 0 aliphatic heterocycles.